The van der Waals surface area contributed by atoms with Crippen molar-refractivity contribution in [3.63, 3.8) is 0 Å². The molecule has 4 rings (SSSR count). The fraction of sp³-hybridized carbons (Fsp3) is 0.111. The first kappa shape index (κ1) is 15.2. The van der Waals surface area contributed by atoms with Crippen molar-refractivity contribution in [3.8, 4) is 11.3 Å². The lowest BCUT2D eigenvalue weighted by atomic mass is 10.0. The molecule has 25 heavy (non-hydrogen) atoms. The zero-order valence-corrected chi connectivity index (χ0v) is 13.2. The number of aromatic nitrogens is 1. The monoisotopic (exact) mass is 338 g/mol. The molecule has 4 N–H and O–H groups in total. The number of amidine groups is 1. The van der Waals surface area contributed by atoms with Crippen molar-refractivity contribution < 1.29 is 14.4 Å². The zero-order valence-electron chi connectivity index (χ0n) is 13.2. The van der Waals surface area contributed by atoms with E-state index in [4.69, 9.17) is 5.73 Å². The third kappa shape index (κ3) is 2.24. The van der Waals surface area contributed by atoms with E-state index in [9.17, 15) is 14.4 Å². The highest BCUT2D eigenvalue weighted by Gasteiger charge is 2.26. The van der Waals surface area contributed by atoms with Gasteiger partial charge < -0.3 is 20.8 Å². The summed E-state index contributed by atoms with van der Waals surface area (Å²) in [5.74, 6) is -0.571. The number of rotatable bonds is 2. The maximum atomic E-state index is 13.4. The van der Waals surface area contributed by atoms with E-state index in [1.807, 2.05) is 10.6 Å². The molecule has 0 saturated carbocycles. The Morgan fingerprint density at radius 2 is 2.00 bits per heavy atom. The number of nitrogens with zero attached hydrogens (tertiary/aromatic N) is 2. The van der Waals surface area contributed by atoms with Crippen molar-refractivity contribution in [2.45, 2.75) is 6.54 Å². The molecule has 3 aromatic rings. The molecular weight excluding hydrogens is 323 g/mol. The Labute approximate surface area is 142 Å². The summed E-state index contributed by atoms with van der Waals surface area (Å²) in [6.45, 7) is 0.964. The molecule has 0 radical (unpaired) electrons. The minimum atomic E-state index is -0.349. The second kappa shape index (κ2) is 5.62. The first-order valence-corrected chi connectivity index (χ1v) is 7.79. The molecule has 1 aliphatic rings. The maximum absolute atomic E-state index is 13.4. The predicted octanol–water partition coefficient (Wildman–Crippen LogP) is 2.29. The van der Waals surface area contributed by atoms with Crippen molar-refractivity contribution in [2.75, 3.05) is 6.54 Å². The lowest BCUT2D eigenvalue weighted by Crippen LogP contribution is -2.24. The number of para-hydroxylation sites is 1. The fourth-order valence-corrected chi connectivity index (χ4v) is 3.41. The van der Waals surface area contributed by atoms with Crippen LogP contribution in [0.15, 0.2) is 47.6 Å². The number of amides is 1. The molecular formula is C18H15FN4O2. The molecule has 1 aliphatic heterocycles. The number of carbonyl (C=O) groups is 1. The fourth-order valence-electron chi connectivity index (χ4n) is 3.41. The van der Waals surface area contributed by atoms with Crippen molar-refractivity contribution in [1.82, 2.24) is 9.88 Å². The molecule has 126 valence electrons. The summed E-state index contributed by atoms with van der Waals surface area (Å²) >= 11 is 0. The lowest BCUT2D eigenvalue weighted by Gasteiger charge is -2.11. The van der Waals surface area contributed by atoms with Gasteiger partial charge in [-0.2, -0.15) is 0 Å². The van der Waals surface area contributed by atoms with Gasteiger partial charge >= 0.3 is 0 Å². The molecule has 0 bridgehead atoms. The van der Waals surface area contributed by atoms with Crippen molar-refractivity contribution in [2.24, 2.45) is 10.9 Å². The van der Waals surface area contributed by atoms with E-state index in [0.29, 0.717) is 35.3 Å². The smallest absolute Gasteiger partial charge is 0.253 e. The van der Waals surface area contributed by atoms with Gasteiger partial charge in [-0.3, -0.25) is 4.79 Å². The molecule has 0 spiro atoms. The minimum absolute atomic E-state index is 0.0544. The maximum Gasteiger partial charge on any atom is 0.253 e. The third-order valence-corrected chi connectivity index (χ3v) is 4.43. The van der Waals surface area contributed by atoms with Crippen LogP contribution in [-0.2, 0) is 6.54 Å². The number of oxime groups is 1. The van der Waals surface area contributed by atoms with Gasteiger partial charge in [0.25, 0.3) is 5.91 Å². The Bertz CT molecular complexity index is 1020. The molecule has 2 aromatic carbocycles. The van der Waals surface area contributed by atoms with Crippen LogP contribution in [0.1, 0.15) is 15.9 Å². The quantitative estimate of drug-likeness (QED) is 0.290. The average molecular weight is 338 g/mol. The predicted molar refractivity (Wildman–Crippen MR) is 92.2 cm³/mol. The molecule has 0 fully saturated rings. The van der Waals surface area contributed by atoms with Gasteiger partial charge in [-0.1, -0.05) is 17.3 Å². The van der Waals surface area contributed by atoms with Gasteiger partial charge in [-0.15, -0.1) is 0 Å². The van der Waals surface area contributed by atoms with Gasteiger partial charge in [-0.05, 0) is 35.9 Å². The highest BCUT2D eigenvalue weighted by molar-refractivity contribution is 6.18. The second-order valence-electron chi connectivity index (χ2n) is 5.83. The van der Waals surface area contributed by atoms with Crippen molar-refractivity contribution in [1.29, 1.82) is 0 Å². The van der Waals surface area contributed by atoms with Crippen LogP contribution in [0.25, 0.3) is 22.2 Å². The average Bonchev–Trinajstić information content (AvgIpc) is 2.86. The van der Waals surface area contributed by atoms with Crippen LogP contribution in [0.5, 0.6) is 0 Å². The van der Waals surface area contributed by atoms with Gasteiger partial charge in [0, 0.05) is 18.5 Å². The number of carbonyl (C=O) groups excluding carboxylic acids is 1. The number of nitrogens with one attached hydrogen (secondary N) is 1. The summed E-state index contributed by atoms with van der Waals surface area (Å²) in [5.41, 5.74) is 9.14. The lowest BCUT2D eigenvalue weighted by molar-refractivity contribution is 0.0956. The number of benzene rings is 2. The van der Waals surface area contributed by atoms with E-state index >= 15 is 0 Å². The van der Waals surface area contributed by atoms with E-state index in [1.54, 1.807) is 24.3 Å². The largest absolute Gasteiger partial charge is 0.409 e. The molecule has 2 heterocycles. The Morgan fingerprint density at radius 1 is 1.24 bits per heavy atom. The van der Waals surface area contributed by atoms with E-state index < -0.39 is 0 Å². The van der Waals surface area contributed by atoms with E-state index in [0.717, 1.165) is 11.1 Å². The van der Waals surface area contributed by atoms with Crippen LogP contribution < -0.4 is 11.1 Å². The Hall–Kier alpha value is -3.35. The molecule has 1 amide bonds. The molecule has 0 saturated heterocycles. The van der Waals surface area contributed by atoms with Crippen LogP contribution in [0.4, 0.5) is 4.39 Å². The Morgan fingerprint density at radius 3 is 2.72 bits per heavy atom. The minimum Gasteiger partial charge on any atom is -0.409 e. The van der Waals surface area contributed by atoms with Crippen molar-refractivity contribution >= 4 is 22.6 Å². The third-order valence-electron chi connectivity index (χ3n) is 4.43. The van der Waals surface area contributed by atoms with Gasteiger partial charge in [-0.25, -0.2) is 4.39 Å². The van der Waals surface area contributed by atoms with Crippen molar-refractivity contribution in [3.05, 3.63) is 59.4 Å². The van der Waals surface area contributed by atoms with Crippen LogP contribution in [0, 0.1) is 5.82 Å². The topological polar surface area (TPSA) is 92.6 Å². The molecule has 0 aliphatic carbocycles. The standard InChI is InChI=1S/C18H15FN4O2/c19-11-6-4-10(5-7-11)15-14(17(20)22-25)12-2-1-3-13-16(12)23(15)9-8-21-18(13)24/h1-7,25H,8-9H2,(H2,20,22)(H,21,24). The summed E-state index contributed by atoms with van der Waals surface area (Å²) < 4.78 is 15.3. The summed E-state index contributed by atoms with van der Waals surface area (Å²) in [4.78, 5) is 12.3. The molecule has 0 unspecified atom stereocenters. The number of hydrogen-bond donors (Lipinski definition) is 3. The van der Waals surface area contributed by atoms with E-state index in [2.05, 4.69) is 10.5 Å². The number of hydrogen-bond acceptors (Lipinski definition) is 3. The molecule has 0 atom stereocenters. The summed E-state index contributed by atoms with van der Waals surface area (Å²) in [6, 6.07) is 11.3. The SMILES string of the molecule is N/C(=N\O)c1c(-c2ccc(F)cc2)n2c3c(cccc13)C(=O)NCC2. The molecule has 1 aromatic heterocycles. The number of halogens is 1. The Kier molecular flexibility index (Phi) is 3.42. The van der Waals surface area contributed by atoms with Crippen LogP contribution in [-0.4, -0.2) is 28.1 Å². The van der Waals surface area contributed by atoms with Crippen LogP contribution >= 0.6 is 0 Å². The van der Waals surface area contributed by atoms with Gasteiger partial charge in [0.05, 0.1) is 22.3 Å². The highest BCUT2D eigenvalue weighted by Crippen LogP contribution is 2.36. The highest BCUT2D eigenvalue weighted by atomic mass is 19.1. The van der Waals surface area contributed by atoms with Gasteiger partial charge in [0.2, 0.25) is 0 Å². The van der Waals surface area contributed by atoms with E-state index in [1.165, 1.54) is 12.1 Å². The zero-order chi connectivity index (χ0) is 17.6. The summed E-state index contributed by atoms with van der Waals surface area (Å²) in [7, 11) is 0. The summed E-state index contributed by atoms with van der Waals surface area (Å²) in [5, 5.41) is 16.0. The second-order valence-corrected chi connectivity index (χ2v) is 5.83. The van der Waals surface area contributed by atoms with Gasteiger partial charge in [0.15, 0.2) is 5.84 Å². The first-order valence-electron chi connectivity index (χ1n) is 7.79. The van der Waals surface area contributed by atoms with Gasteiger partial charge in [0.1, 0.15) is 5.82 Å². The van der Waals surface area contributed by atoms with Crippen LogP contribution in [0.2, 0.25) is 0 Å². The molecule has 7 heteroatoms. The molecule has 6 nitrogen and oxygen atoms in total. The van der Waals surface area contributed by atoms with E-state index in [-0.39, 0.29) is 17.6 Å². The van der Waals surface area contributed by atoms with Crippen LogP contribution in [0.3, 0.4) is 0 Å². The number of nitrogens with two attached hydrogens (primary N) is 1. The Balaban J connectivity index is 2.16. The summed E-state index contributed by atoms with van der Waals surface area (Å²) in [6.07, 6.45) is 0. The normalized spacial score (nSPS) is 14.4. The first-order chi connectivity index (χ1) is 12.1.